The Bertz CT molecular complexity index is 563. The standard InChI is InChI=1S/C16H19BrF3NO2/c1-23-13-7-5-11(10-12(13)17)6-8-15(22)21-9-3-2-4-14(21)16(18,19)20/h5,7,10,14H,2-4,6,8-9H2,1H3. The van der Waals surface area contributed by atoms with Crippen LogP contribution in [0.4, 0.5) is 13.2 Å². The van der Waals surface area contributed by atoms with Crippen molar-refractivity contribution in [2.75, 3.05) is 13.7 Å². The van der Waals surface area contributed by atoms with E-state index in [0.717, 1.165) is 14.9 Å². The van der Waals surface area contributed by atoms with Gasteiger partial charge in [-0.2, -0.15) is 13.2 Å². The number of benzene rings is 1. The molecule has 7 heteroatoms. The maximum Gasteiger partial charge on any atom is 0.408 e. The predicted octanol–water partition coefficient (Wildman–Crippen LogP) is 4.33. The predicted molar refractivity (Wildman–Crippen MR) is 84.4 cm³/mol. The van der Waals surface area contributed by atoms with Gasteiger partial charge >= 0.3 is 6.18 Å². The van der Waals surface area contributed by atoms with Gasteiger partial charge in [0, 0.05) is 13.0 Å². The molecule has 2 rings (SSSR count). The quantitative estimate of drug-likeness (QED) is 0.761. The Morgan fingerprint density at radius 1 is 1.39 bits per heavy atom. The van der Waals surface area contributed by atoms with Gasteiger partial charge in [0.25, 0.3) is 0 Å². The lowest BCUT2D eigenvalue weighted by molar-refractivity contribution is -0.195. The van der Waals surface area contributed by atoms with Gasteiger partial charge in [-0.05, 0) is 59.3 Å². The summed E-state index contributed by atoms with van der Waals surface area (Å²) in [7, 11) is 1.55. The van der Waals surface area contributed by atoms with Crippen LogP contribution in [-0.4, -0.2) is 36.7 Å². The Kier molecular flexibility index (Phi) is 5.95. The van der Waals surface area contributed by atoms with Crippen LogP contribution in [0.25, 0.3) is 0 Å². The summed E-state index contributed by atoms with van der Waals surface area (Å²) in [6.45, 7) is 0.190. The Hall–Kier alpha value is -1.24. The van der Waals surface area contributed by atoms with Crippen LogP contribution in [0.3, 0.4) is 0 Å². The third-order valence-corrected chi connectivity index (χ3v) is 4.66. The van der Waals surface area contributed by atoms with Crippen molar-refractivity contribution in [3.63, 3.8) is 0 Å². The molecule has 1 fully saturated rings. The van der Waals surface area contributed by atoms with Crippen LogP contribution in [0, 0.1) is 0 Å². The number of ether oxygens (including phenoxy) is 1. The molecule has 0 aromatic heterocycles. The first-order chi connectivity index (χ1) is 10.8. The normalized spacial score (nSPS) is 18.8. The van der Waals surface area contributed by atoms with Gasteiger partial charge in [-0.3, -0.25) is 4.79 Å². The minimum Gasteiger partial charge on any atom is -0.496 e. The zero-order chi connectivity index (χ0) is 17.0. The number of rotatable bonds is 4. The summed E-state index contributed by atoms with van der Waals surface area (Å²) in [6, 6.07) is 3.77. The van der Waals surface area contributed by atoms with Crippen LogP contribution >= 0.6 is 15.9 Å². The number of halogens is 4. The molecule has 1 aliphatic heterocycles. The molecule has 1 aromatic carbocycles. The number of alkyl halides is 3. The average molecular weight is 394 g/mol. The van der Waals surface area contributed by atoms with E-state index in [1.165, 1.54) is 0 Å². The number of amides is 1. The Balaban J connectivity index is 1.99. The van der Waals surface area contributed by atoms with Crippen LogP contribution < -0.4 is 4.74 Å². The molecule has 128 valence electrons. The van der Waals surface area contributed by atoms with E-state index in [4.69, 9.17) is 4.74 Å². The first-order valence-electron chi connectivity index (χ1n) is 7.51. The second kappa shape index (κ2) is 7.55. The lowest BCUT2D eigenvalue weighted by Gasteiger charge is -2.36. The molecular weight excluding hydrogens is 375 g/mol. The van der Waals surface area contributed by atoms with Crippen molar-refractivity contribution in [1.29, 1.82) is 0 Å². The van der Waals surface area contributed by atoms with Crippen LogP contribution in [-0.2, 0) is 11.2 Å². The zero-order valence-electron chi connectivity index (χ0n) is 12.8. The molecule has 0 aliphatic carbocycles. The Morgan fingerprint density at radius 3 is 2.74 bits per heavy atom. The van der Waals surface area contributed by atoms with Crippen LogP contribution in [0.2, 0.25) is 0 Å². The number of methoxy groups -OCH3 is 1. The summed E-state index contributed by atoms with van der Waals surface area (Å²) in [5.41, 5.74) is 0.881. The van der Waals surface area contributed by atoms with Crippen LogP contribution in [0.5, 0.6) is 5.75 Å². The summed E-state index contributed by atoms with van der Waals surface area (Å²) in [6.07, 6.45) is -2.72. The molecule has 23 heavy (non-hydrogen) atoms. The number of piperidine rings is 1. The van der Waals surface area contributed by atoms with Crippen molar-refractivity contribution >= 4 is 21.8 Å². The average Bonchev–Trinajstić information content (AvgIpc) is 2.52. The summed E-state index contributed by atoms with van der Waals surface area (Å²) in [5.74, 6) is 0.243. The molecule has 1 aromatic rings. The highest BCUT2D eigenvalue weighted by atomic mass is 79.9. The summed E-state index contributed by atoms with van der Waals surface area (Å²) < 4.78 is 45.0. The fourth-order valence-electron chi connectivity index (χ4n) is 2.83. The molecule has 1 unspecified atom stereocenters. The van der Waals surface area contributed by atoms with Gasteiger partial charge in [0.1, 0.15) is 11.8 Å². The summed E-state index contributed by atoms with van der Waals surface area (Å²) in [4.78, 5) is 13.2. The first kappa shape index (κ1) is 18.1. The maximum atomic E-state index is 13.0. The SMILES string of the molecule is COc1ccc(CCC(=O)N2CCCCC2C(F)(F)F)cc1Br. The number of likely N-dealkylation sites (tertiary alicyclic amines) is 1. The van der Waals surface area contributed by atoms with Gasteiger partial charge in [-0.25, -0.2) is 0 Å². The molecule has 0 spiro atoms. The van der Waals surface area contributed by atoms with E-state index in [1.807, 2.05) is 12.1 Å². The number of nitrogens with zero attached hydrogens (tertiary/aromatic N) is 1. The fourth-order valence-corrected chi connectivity index (χ4v) is 3.42. The van der Waals surface area contributed by atoms with E-state index in [1.54, 1.807) is 13.2 Å². The van der Waals surface area contributed by atoms with E-state index >= 15 is 0 Å². The summed E-state index contributed by atoms with van der Waals surface area (Å²) in [5, 5.41) is 0. The first-order valence-corrected chi connectivity index (χ1v) is 8.31. The molecule has 1 heterocycles. The van der Waals surface area contributed by atoms with E-state index in [9.17, 15) is 18.0 Å². The smallest absolute Gasteiger partial charge is 0.408 e. The van der Waals surface area contributed by atoms with Gasteiger partial charge in [0.15, 0.2) is 0 Å². The third kappa shape index (κ3) is 4.62. The van der Waals surface area contributed by atoms with E-state index in [-0.39, 0.29) is 19.4 Å². The van der Waals surface area contributed by atoms with Crippen molar-refractivity contribution in [1.82, 2.24) is 4.90 Å². The molecule has 1 amide bonds. The highest BCUT2D eigenvalue weighted by molar-refractivity contribution is 9.10. The van der Waals surface area contributed by atoms with Gasteiger partial charge in [-0.1, -0.05) is 6.07 Å². The molecule has 0 radical (unpaired) electrons. The molecule has 0 bridgehead atoms. The van der Waals surface area contributed by atoms with Crippen molar-refractivity contribution in [2.24, 2.45) is 0 Å². The van der Waals surface area contributed by atoms with Crippen molar-refractivity contribution < 1.29 is 22.7 Å². The Morgan fingerprint density at radius 2 is 2.13 bits per heavy atom. The second-order valence-electron chi connectivity index (χ2n) is 5.61. The number of hydrogen-bond donors (Lipinski definition) is 0. The summed E-state index contributed by atoms with van der Waals surface area (Å²) >= 11 is 3.36. The highest BCUT2D eigenvalue weighted by Gasteiger charge is 2.45. The van der Waals surface area contributed by atoms with Crippen LogP contribution in [0.1, 0.15) is 31.2 Å². The minimum absolute atomic E-state index is 0.00330. The van der Waals surface area contributed by atoms with Gasteiger partial charge in [0.05, 0.1) is 11.6 Å². The molecule has 1 aliphatic rings. The molecule has 0 saturated carbocycles. The zero-order valence-corrected chi connectivity index (χ0v) is 14.4. The number of hydrogen-bond acceptors (Lipinski definition) is 2. The molecule has 1 atom stereocenters. The molecule has 3 nitrogen and oxygen atoms in total. The molecule has 1 saturated heterocycles. The minimum atomic E-state index is -4.35. The Labute approximate surface area is 141 Å². The topological polar surface area (TPSA) is 29.5 Å². The second-order valence-corrected chi connectivity index (χ2v) is 6.46. The maximum absolute atomic E-state index is 13.0. The molecule has 0 N–H and O–H groups in total. The molecular formula is C16H19BrF3NO2. The van der Waals surface area contributed by atoms with E-state index in [2.05, 4.69) is 15.9 Å². The largest absolute Gasteiger partial charge is 0.496 e. The van der Waals surface area contributed by atoms with Crippen molar-refractivity contribution in [3.05, 3.63) is 28.2 Å². The number of carbonyl (C=O) groups is 1. The van der Waals surface area contributed by atoms with E-state index < -0.39 is 18.1 Å². The van der Waals surface area contributed by atoms with Crippen molar-refractivity contribution in [3.8, 4) is 5.75 Å². The lowest BCUT2D eigenvalue weighted by Crippen LogP contribution is -2.51. The fraction of sp³-hybridized carbons (Fsp3) is 0.562. The van der Waals surface area contributed by atoms with Gasteiger partial charge < -0.3 is 9.64 Å². The van der Waals surface area contributed by atoms with E-state index in [0.29, 0.717) is 25.0 Å². The van der Waals surface area contributed by atoms with Crippen LogP contribution in [0.15, 0.2) is 22.7 Å². The van der Waals surface area contributed by atoms with Crippen molar-refractivity contribution in [2.45, 2.75) is 44.3 Å². The van der Waals surface area contributed by atoms with Gasteiger partial charge in [-0.15, -0.1) is 0 Å². The number of carbonyl (C=O) groups excluding carboxylic acids is 1. The van der Waals surface area contributed by atoms with Gasteiger partial charge in [0.2, 0.25) is 5.91 Å². The monoisotopic (exact) mass is 393 g/mol. The number of aryl methyl sites for hydroxylation is 1. The third-order valence-electron chi connectivity index (χ3n) is 4.04. The highest BCUT2D eigenvalue weighted by Crippen LogP contribution is 2.32. The lowest BCUT2D eigenvalue weighted by atomic mass is 10.0.